The van der Waals surface area contributed by atoms with Crippen LogP contribution in [0, 0.1) is 5.92 Å². The van der Waals surface area contributed by atoms with E-state index in [9.17, 15) is 4.79 Å². The van der Waals surface area contributed by atoms with Gasteiger partial charge in [-0.2, -0.15) is 0 Å². The van der Waals surface area contributed by atoms with Crippen LogP contribution in [0.3, 0.4) is 0 Å². The highest BCUT2D eigenvalue weighted by atomic mass is 35.5. The normalized spacial score (nSPS) is 20.8. The van der Waals surface area contributed by atoms with Gasteiger partial charge in [-0.15, -0.1) is 0 Å². The molecule has 0 amide bonds. The Morgan fingerprint density at radius 1 is 1.38 bits per heavy atom. The Kier molecular flexibility index (Phi) is 2.36. The van der Waals surface area contributed by atoms with Crippen molar-refractivity contribution in [2.75, 3.05) is 0 Å². The molecule has 1 unspecified atom stereocenters. The average Bonchev–Trinajstić information content (AvgIpc) is 2.17. The van der Waals surface area contributed by atoms with Crippen LogP contribution in [0.25, 0.3) is 0 Å². The molecule has 0 aliphatic heterocycles. The second-order valence-electron chi connectivity index (χ2n) is 3.55. The predicted octanol–water partition coefficient (Wildman–Crippen LogP) is 2.64. The van der Waals surface area contributed by atoms with Crippen LogP contribution in [0.1, 0.15) is 17.5 Å². The van der Waals surface area contributed by atoms with Gasteiger partial charge in [-0.1, -0.05) is 17.7 Å². The minimum absolute atomic E-state index is 0.216. The summed E-state index contributed by atoms with van der Waals surface area (Å²) >= 11 is 5.88. The monoisotopic (exact) mass is 194 g/mol. The molecule has 0 bridgehead atoms. The van der Waals surface area contributed by atoms with E-state index >= 15 is 0 Å². The first-order chi connectivity index (χ1) is 6.29. The molecule has 0 aromatic heterocycles. The van der Waals surface area contributed by atoms with Crippen molar-refractivity contribution in [2.45, 2.75) is 19.3 Å². The molecular weight excluding hydrogens is 184 g/mol. The lowest BCUT2D eigenvalue weighted by atomic mass is 9.85. The van der Waals surface area contributed by atoms with E-state index in [1.807, 2.05) is 18.2 Å². The van der Waals surface area contributed by atoms with Crippen LogP contribution in [0.15, 0.2) is 18.2 Å². The third-order valence-corrected chi connectivity index (χ3v) is 2.86. The second-order valence-corrected chi connectivity index (χ2v) is 3.99. The number of aldehydes is 1. The smallest absolute Gasteiger partial charge is 0.123 e. The van der Waals surface area contributed by atoms with Gasteiger partial charge in [0.05, 0.1) is 0 Å². The van der Waals surface area contributed by atoms with Gasteiger partial charge in [-0.3, -0.25) is 0 Å². The zero-order valence-electron chi connectivity index (χ0n) is 7.29. The lowest BCUT2D eigenvalue weighted by molar-refractivity contribution is -0.111. The number of aryl methyl sites for hydroxylation is 1. The molecule has 0 saturated carbocycles. The van der Waals surface area contributed by atoms with Gasteiger partial charge < -0.3 is 4.79 Å². The van der Waals surface area contributed by atoms with Crippen molar-refractivity contribution >= 4 is 17.9 Å². The van der Waals surface area contributed by atoms with Gasteiger partial charge >= 0.3 is 0 Å². The molecule has 1 aliphatic carbocycles. The molecule has 1 atom stereocenters. The van der Waals surface area contributed by atoms with E-state index in [-0.39, 0.29) is 5.92 Å². The summed E-state index contributed by atoms with van der Waals surface area (Å²) in [6, 6.07) is 5.94. The first-order valence-electron chi connectivity index (χ1n) is 4.52. The topological polar surface area (TPSA) is 17.1 Å². The van der Waals surface area contributed by atoms with E-state index in [4.69, 9.17) is 11.6 Å². The number of benzene rings is 1. The van der Waals surface area contributed by atoms with Crippen LogP contribution >= 0.6 is 11.6 Å². The Hall–Kier alpha value is -0.820. The van der Waals surface area contributed by atoms with Gasteiger partial charge in [0.15, 0.2) is 0 Å². The lowest BCUT2D eigenvalue weighted by Crippen LogP contribution is -2.14. The molecule has 0 saturated heterocycles. The van der Waals surface area contributed by atoms with Crippen molar-refractivity contribution in [3.05, 3.63) is 34.3 Å². The summed E-state index contributed by atoms with van der Waals surface area (Å²) in [7, 11) is 0. The quantitative estimate of drug-likeness (QED) is 0.629. The van der Waals surface area contributed by atoms with Crippen molar-refractivity contribution in [1.82, 2.24) is 0 Å². The minimum Gasteiger partial charge on any atom is -0.303 e. The zero-order valence-corrected chi connectivity index (χ0v) is 8.05. The van der Waals surface area contributed by atoms with Crippen LogP contribution in [0.2, 0.25) is 5.02 Å². The highest BCUT2D eigenvalue weighted by Crippen LogP contribution is 2.26. The summed E-state index contributed by atoms with van der Waals surface area (Å²) in [4.78, 5) is 10.6. The lowest BCUT2D eigenvalue weighted by Gasteiger charge is -2.20. The van der Waals surface area contributed by atoms with Gasteiger partial charge in [0, 0.05) is 10.9 Å². The van der Waals surface area contributed by atoms with E-state index in [1.165, 1.54) is 11.1 Å². The molecule has 2 heteroatoms. The number of hydrogen-bond donors (Lipinski definition) is 0. The molecule has 1 aromatic carbocycles. The van der Waals surface area contributed by atoms with Crippen molar-refractivity contribution < 1.29 is 4.79 Å². The number of carbonyl (C=O) groups is 1. The van der Waals surface area contributed by atoms with Crippen LogP contribution < -0.4 is 0 Å². The third kappa shape index (κ3) is 1.75. The van der Waals surface area contributed by atoms with Crippen LogP contribution in [0.4, 0.5) is 0 Å². The summed E-state index contributed by atoms with van der Waals surface area (Å²) in [5, 5.41) is 0.795. The van der Waals surface area contributed by atoms with Crippen LogP contribution in [-0.4, -0.2) is 6.29 Å². The fraction of sp³-hybridized carbons (Fsp3) is 0.364. The molecule has 0 fully saturated rings. The number of fused-ring (bicyclic) bond motifs is 1. The fourth-order valence-electron chi connectivity index (χ4n) is 1.87. The number of carbonyl (C=O) groups excluding carboxylic acids is 1. The fourth-order valence-corrected chi connectivity index (χ4v) is 2.06. The summed E-state index contributed by atoms with van der Waals surface area (Å²) < 4.78 is 0. The maximum atomic E-state index is 10.6. The Morgan fingerprint density at radius 2 is 2.23 bits per heavy atom. The molecular formula is C11H11ClO. The van der Waals surface area contributed by atoms with Crippen molar-refractivity contribution in [2.24, 2.45) is 5.92 Å². The second kappa shape index (κ2) is 3.51. The summed E-state index contributed by atoms with van der Waals surface area (Å²) in [6.45, 7) is 0. The minimum atomic E-state index is 0.216. The highest BCUT2D eigenvalue weighted by molar-refractivity contribution is 6.30. The Bertz CT molecular complexity index is 333. The third-order valence-electron chi connectivity index (χ3n) is 2.63. The van der Waals surface area contributed by atoms with E-state index in [1.54, 1.807) is 0 Å². The molecule has 1 aliphatic rings. The van der Waals surface area contributed by atoms with E-state index in [0.717, 1.165) is 30.6 Å². The van der Waals surface area contributed by atoms with Gasteiger partial charge in [-0.05, 0) is 42.5 Å². The molecule has 1 aromatic rings. The van der Waals surface area contributed by atoms with Crippen LogP contribution in [0.5, 0.6) is 0 Å². The zero-order chi connectivity index (χ0) is 9.26. The maximum Gasteiger partial charge on any atom is 0.123 e. The van der Waals surface area contributed by atoms with Crippen molar-refractivity contribution in [1.29, 1.82) is 0 Å². The first kappa shape index (κ1) is 8.76. The average molecular weight is 195 g/mol. The van der Waals surface area contributed by atoms with Gasteiger partial charge in [0.2, 0.25) is 0 Å². The molecule has 0 N–H and O–H groups in total. The molecule has 0 spiro atoms. The van der Waals surface area contributed by atoms with Gasteiger partial charge in [-0.25, -0.2) is 0 Å². The van der Waals surface area contributed by atoms with E-state index in [0.29, 0.717) is 0 Å². The molecule has 0 heterocycles. The van der Waals surface area contributed by atoms with Crippen molar-refractivity contribution in [3.8, 4) is 0 Å². The molecule has 2 rings (SSSR count). The largest absolute Gasteiger partial charge is 0.303 e. The molecule has 0 radical (unpaired) electrons. The standard InChI is InChI=1S/C11H11ClO/c12-11-4-3-9-5-8(7-13)1-2-10(9)6-11/h3-4,6-8H,1-2,5H2. The van der Waals surface area contributed by atoms with E-state index < -0.39 is 0 Å². The van der Waals surface area contributed by atoms with E-state index in [2.05, 4.69) is 0 Å². The van der Waals surface area contributed by atoms with Gasteiger partial charge in [0.1, 0.15) is 6.29 Å². The number of hydrogen-bond acceptors (Lipinski definition) is 1. The predicted molar refractivity (Wildman–Crippen MR) is 53.0 cm³/mol. The highest BCUT2D eigenvalue weighted by Gasteiger charge is 2.17. The number of halogens is 1. The van der Waals surface area contributed by atoms with Gasteiger partial charge in [0.25, 0.3) is 0 Å². The first-order valence-corrected chi connectivity index (χ1v) is 4.90. The summed E-state index contributed by atoms with van der Waals surface area (Å²) in [5.41, 5.74) is 2.60. The summed E-state index contributed by atoms with van der Waals surface area (Å²) in [6.07, 6.45) is 3.91. The number of rotatable bonds is 1. The molecule has 68 valence electrons. The Balaban J connectivity index is 2.31. The maximum absolute atomic E-state index is 10.6. The van der Waals surface area contributed by atoms with Crippen molar-refractivity contribution in [3.63, 3.8) is 0 Å². The summed E-state index contributed by atoms with van der Waals surface area (Å²) in [5.74, 6) is 0.216. The Labute approximate surface area is 82.7 Å². The molecule has 13 heavy (non-hydrogen) atoms. The SMILES string of the molecule is O=CC1CCc2cc(Cl)ccc2C1. The van der Waals surface area contributed by atoms with Crippen LogP contribution in [-0.2, 0) is 17.6 Å². The Morgan fingerprint density at radius 3 is 3.00 bits per heavy atom. The molecule has 1 nitrogen and oxygen atoms in total.